The minimum atomic E-state index is -0.902. The molecule has 1 heterocycles. The van der Waals surface area contributed by atoms with Crippen LogP contribution in [0, 0.1) is 11.6 Å². The number of likely N-dealkylation sites (tertiary alicyclic amines) is 1. The van der Waals surface area contributed by atoms with E-state index in [2.05, 4.69) is 20.5 Å². The standard InChI is InChI=1S/C19H28F2N4O.HI/c1-22-19(23-9-11-26-16-6-7-17(20)18(21)12-16)24-14-8-10-25(13-14)15-4-2-3-5-15;/h6-7,12,14-15H,2-5,8-11,13H2,1H3,(H2,22,23,24);1H. The quantitative estimate of drug-likeness (QED) is 0.276. The van der Waals surface area contributed by atoms with E-state index < -0.39 is 11.6 Å². The Morgan fingerprint density at radius 3 is 2.70 bits per heavy atom. The minimum absolute atomic E-state index is 0. The zero-order valence-corrected chi connectivity index (χ0v) is 18.0. The average Bonchev–Trinajstić information content (AvgIpc) is 3.32. The van der Waals surface area contributed by atoms with Gasteiger partial charge in [-0.05, 0) is 31.4 Å². The number of nitrogens with one attached hydrogen (secondary N) is 2. The molecule has 1 saturated heterocycles. The summed E-state index contributed by atoms with van der Waals surface area (Å²) in [7, 11) is 1.75. The zero-order valence-electron chi connectivity index (χ0n) is 15.7. The van der Waals surface area contributed by atoms with Crippen molar-refractivity contribution in [3.05, 3.63) is 29.8 Å². The van der Waals surface area contributed by atoms with Gasteiger partial charge in [-0.1, -0.05) is 12.8 Å². The maximum atomic E-state index is 13.1. The Balaban J connectivity index is 0.00000261. The number of rotatable bonds is 6. The monoisotopic (exact) mass is 494 g/mol. The van der Waals surface area contributed by atoms with Crippen LogP contribution in [0.2, 0.25) is 0 Å². The first-order chi connectivity index (χ1) is 12.7. The third kappa shape index (κ3) is 6.44. The van der Waals surface area contributed by atoms with E-state index in [1.807, 2.05) is 0 Å². The van der Waals surface area contributed by atoms with E-state index in [1.54, 1.807) is 7.05 Å². The lowest BCUT2D eigenvalue weighted by atomic mass is 10.2. The summed E-state index contributed by atoms with van der Waals surface area (Å²) in [5.41, 5.74) is 0. The first-order valence-corrected chi connectivity index (χ1v) is 9.45. The maximum absolute atomic E-state index is 13.1. The normalized spacial score (nSPS) is 21.1. The highest BCUT2D eigenvalue weighted by molar-refractivity contribution is 14.0. The Hall–Kier alpha value is -1.16. The molecule has 0 amide bonds. The van der Waals surface area contributed by atoms with Crippen molar-refractivity contribution >= 4 is 29.9 Å². The molecule has 5 nitrogen and oxygen atoms in total. The van der Waals surface area contributed by atoms with Crippen molar-refractivity contribution in [2.75, 3.05) is 33.3 Å². The van der Waals surface area contributed by atoms with Gasteiger partial charge in [-0.15, -0.1) is 24.0 Å². The molecule has 27 heavy (non-hydrogen) atoms. The molecule has 0 aromatic heterocycles. The predicted molar refractivity (Wildman–Crippen MR) is 114 cm³/mol. The molecule has 3 rings (SSSR count). The van der Waals surface area contributed by atoms with E-state index in [9.17, 15) is 8.78 Å². The number of ether oxygens (including phenoxy) is 1. The van der Waals surface area contributed by atoms with Crippen LogP contribution < -0.4 is 15.4 Å². The Morgan fingerprint density at radius 2 is 2.00 bits per heavy atom. The number of benzene rings is 1. The molecular weight excluding hydrogens is 465 g/mol. The Kier molecular flexibility index (Phi) is 9.01. The molecule has 2 N–H and O–H groups in total. The number of hydrogen-bond donors (Lipinski definition) is 2. The zero-order chi connectivity index (χ0) is 18.4. The summed E-state index contributed by atoms with van der Waals surface area (Å²) in [6.45, 7) is 3.08. The third-order valence-corrected chi connectivity index (χ3v) is 5.18. The second-order valence-electron chi connectivity index (χ2n) is 6.99. The van der Waals surface area contributed by atoms with Gasteiger partial charge in [0.2, 0.25) is 0 Å². The SMILES string of the molecule is CN=C(NCCOc1ccc(F)c(F)c1)NC1CCN(C2CCCC2)C1.I. The molecule has 1 aromatic rings. The van der Waals surface area contributed by atoms with Crippen molar-refractivity contribution in [1.82, 2.24) is 15.5 Å². The van der Waals surface area contributed by atoms with E-state index in [1.165, 1.54) is 31.7 Å². The predicted octanol–water partition coefficient (Wildman–Crippen LogP) is 3.14. The van der Waals surface area contributed by atoms with Crippen LogP contribution in [-0.4, -0.2) is 56.2 Å². The van der Waals surface area contributed by atoms with E-state index in [4.69, 9.17) is 4.74 Å². The van der Waals surface area contributed by atoms with E-state index in [0.29, 0.717) is 24.9 Å². The van der Waals surface area contributed by atoms with Crippen molar-refractivity contribution in [1.29, 1.82) is 0 Å². The van der Waals surface area contributed by atoms with Crippen molar-refractivity contribution in [2.24, 2.45) is 4.99 Å². The summed E-state index contributed by atoms with van der Waals surface area (Å²) < 4.78 is 31.5. The number of nitrogens with zero attached hydrogens (tertiary/aromatic N) is 2. The molecule has 1 unspecified atom stereocenters. The third-order valence-electron chi connectivity index (χ3n) is 5.18. The minimum Gasteiger partial charge on any atom is -0.492 e. The highest BCUT2D eigenvalue weighted by atomic mass is 127. The summed E-state index contributed by atoms with van der Waals surface area (Å²) in [6.07, 6.45) is 6.52. The van der Waals surface area contributed by atoms with Crippen LogP contribution in [0.15, 0.2) is 23.2 Å². The highest BCUT2D eigenvalue weighted by Gasteiger charge is 2.30. The number of halogens is 3. The van der Waals surface area contributed by atoms with Crippen molar-refractivity contribution in [3.8, 4) is 5.75 Å². The smallest absolute Gasteiger partial charge is 0.191 e. The van der Waals surface area contributed by atoms with Crippen LogP contribution in [0.3, 0.4) is 0 Å². The molecule has 1 aliphatic carbocycles. The molecule has 0 spiro atoms. The number of hydrogen-bond acceptors (Lipinski definition) is 3. The molecule has 2 aliphatic rings. The Bertz CT molecular complexity index is 626. The van der Waals surface area contributed by atoms with Crippen LogP contribution in [0.4, 0.5) is 8.78 Å². The second-order valence-corrected chi connectivity index (χ2v) is 6.99. The summed E-state index contributed by atoms with van der Waals surface area (Å²) in [4.78, 5) is 6.86. The second kappa shape index (κ2) is 11.0. The summed E-state index contributed by atoms with van der Waals surface area (Å²) in [6, 6.07) is 4.71. The first kappa shape index (κ1) is 22.1. The molecule has 0 bridgehead atoms. The van der Waals surface area contributed by atoms with E-state index >= 15 is 0 Å². The molecule has 0 radical (unpaired) electrons. The van der Waals surface area contributed by atoms with Gasteiger partial charge >= 0.3 is 0 Å². The van der Waals surface area contributed by atoms with Crippen LogP contribution in [-0.2, 0) is 0 Å². The van der Waals surface area contributed by atoms with E-state index in [-0.39, 0.29) is 24.0 Å². The van der Waals surface area contributed by atoms with Crippen LogP contribution in [0.25, 0.3) is 0 Å². The summed E-state index contributed by atoms with van der Waals surface area (Å²) in [5, 5.41) is 6.67. The first-order valence-electron chi connectivity index (χ1n) is 9.45. The largest absolute Gasteiger partial charge is 0.492 e. The van der Waals surface area contributed by atoms with Gasteiger partial charge in [0, 0.05) is 38.3 Å². The molecule has 1 aromatic carbocycles. The lowest BCUT2D eigenvalue weighted by Crippen LogP contribution is -2.46. The van der Waals surface area contributed by atoms with E-state index in [0.717, 1.165) is 43.6 Å². The lowest BCUT2D eigenvalue weighted by molar-refractivity contribution is 0.242. The van der Waals surface area contributed by atoms with Gasteiger partial charge in [-0.25, -0.2) is 8.78 Å². The fourth-order valence-corrected chi connectivity index (χ4v) is 3.80. The van der Waals surface area contributed by atoms with Gasteiger partial charge < -0.3 is 15.4 Å². The molecule has 152 valence electrons. The Labute approximate surface area is 177 Å². The van der Waals surface area contributed by atoms with Gasteiger partial charge in [-0.3, -0.25) is 9.89 Å². The van der Waals surface area contributed by atoms with Crippen molar-refractivity contribution in [2.45, 2.75) is 44.2 Å². The van der Waals surface area contributed by atoms with Crippen molar-refractivity contribution < 1.29 is 13.5 Å². The van der Waals surface area contributed by atoms with Crippen LogP contribution >= 0.6 is 24.0 Å². The fourth-order valence-electron chi connectivity index (χ4n) is 3.80. The maximum Gasteiger partial charge on any atom is 0.191 e. The highest BCUT2D eigenvalue weighted by Crippen LogP contribution is 2.26. The van der Waals surface area contributed by atoms with Gasteiger partial charge in [0.1, 0.15) is 12.4 Å². The van der Waals surface area contributed by atoms with Crippen molar-refractivity contribution in [3.63, 3.8) is 0 Å². The molecule has 1 aliphatic heterocycles. The molecule has 8 heteroatoms. The van der Waals surface area contributed by atoms with Gasteiger partial charge in [0.25, 0.3) is 0 Å². The van der Waals surface area contributed by atoms with Crippen LogP contribution in [0.5, 0.6) is 5.75 Å². The topological polar surface area (TPSA) is 48.9 Å². The number of guanidine groups is 1. The Morgan fingerprint density at radius 1 is 1.22 bits per heavy atom. The lowest BCUT2D eigenvalue weighted by Gasteiger charge is -2.24. The summed E-state index contributed by atoms with van der Waals surface area (Å²) in [5.74, 6) is -0.710. The molecular formula is C19H29F2IN4O. The molecule has 1 atom stereocenters. The summed E-state index contributed by atoms with van der Waals surface area (Å²) >= 11 is 0. The average molecular weight is 494 g/mol. The number of aliphatic imine (C=N–C) groups is 1. The fraction of sp³-hybridized carbons (Fsp3) is 0.632. The molecule has 1 saturated carbocycles. The molecule has 2 fully saturated rings. The van der Waals surface area contributed by atoms with Gasteiger partial charge in [-0.2, -0.15) is 0 Å². The van der Waals surface area contributed by atoms with Gasteiger partial charge in [0.15, 0.2) is 17.6 Å². The van der Waals surface area contributed by atoms with Gasteiger partial charge in [0.05, 0.1) is 6.54 Å². The van der Waals surface area contributed by atoms with Crippen LogP contribution in [0.1, 0.15) is 32.1 Å².